The summed E-state index contributed by atoms with van der Waals surface area (Å²) in [5, 5.41) is 0.122. The second-order valence-electron chi connectivity index (χ2n) is 11.6. The maximum Gasteiger partial charge on any atom is 0.306 e. The van der Waals surface area contributed by atoms with Gasteiger partial charge in [-0.05, 0) is 61.2 Å². The van der Waals surface area contributed by atoms with Crippen molar-refractivity contribution < 1.29 is 18.7 Å². The molecule has 1 heterocycles. The minimum absolute atomic E-state index is 0.0150. The number of carbonyl (C=O) groups excluding carboxylic acids is 1. The van der Waals surface area contributed by atoms with Crippen LogP contribution >= 0.6 is 0 Å². The predicted molar refractivity (Wildman–Crippen MR) is 130 cm³/mol. The lowest BCUT2D eigenvalue weighted by atomic mass is 9.60. The van der Waals surface area contributed by atoms with E-state index in [-0.39, 0.29) is 40.7 Å². The monoisotopic (exact) mass is 456 g/mol. The molecule has 0 bridgehead atoms. The molecule has 2 saturated carbocycles. The summed E-state index contributed by atoms with van der Waals surface area (Å²) >= 11 is 0. The number of rotatable bonds is 7. The van der Waals surface area contributed by atoms with E-state index in [2.05, 4.69) is 64.7 Å². The molecule has 4 rings (SSSR count). The quantitative estimate of drug-likeness (QED) is 0.275. The summed E-state index contributed by atoms with van der Waals surface area (Å²) < 4.78 is 19.5. The van der Waals surface area contributed by atoms with Gasteiger partial charge >= 0.3 is 5.97 Å². The first-order valence-electron chi connectivity index (χ1n) is 12.2. The molecule has 176 valence electrons. The maximum atomic E-state index is 12.8. The van der Waals surface area contributed by atoms with E-state index in [1.807, 2.05) is 12.1 Å². The zero-order valence-corrected chi connectivity index (χ0v) is 21.4. The van der Waals surface area contributed by atoms with Crippen molar-refractivity contribution in [1.29, 1.82) is 0 Å². The smallest absolute Gasteiger partial charge is 0.306 e. The van der Waals surface area contributed by atoms with Crippen LogP contribution in [0.25, 0.3) is 0 Å². The van der Waals surface area contributed by atoms with Crippen LogP contribution in [0.3, 0.4) is 0 Å². The Balaban J connectivity index is 1.60. The Kier molecular flexibility index (Phi) is 6.47. The van der Waals surface area contributed by atoms with E-state index in [1.165, 1.54) is 5.56 Å². The normalized spacial score (nSPS) is 34.7. The second kappa shape index (κ2) is 8.73. The van der Waals surface area contributed by atoms with Crippen molar-refractivity contribution in [2.24, 2.45) is 17.3 Å². The molecule has 0 amide bonds. The molecule has 2 aliphatic carbocycles. The van der Waals surface area contributed by atoms with E-state index in [0.717, 1.165) is 25.7 Å². The van der Waals surface area contributed by atoms with Crippen LogP contribution in [0.15, 0.2) is 43.0 Å². The Bertz CT molecular complexity index is 830. The molecule has 0 N–H and O–H groups in total. The first-order valence-corrected chi connectivity index (χ1v) is 15.1. The zero-order chi connectivity index (χ0) is 23.1. The molecular weight excluding hydrogens is 416 g/mol. The van der Waals surface area contributed by atoms with Crippen LogP contribution in [-0.2, 0) is 25.3 Å². The molecule has 0 unspecified atom stereocenters. The molecule has 4 nitrogen and oxygen atoms in total. The van der Waals surface area contributed by atoms with Crippen molar-refractivity contribution in [2.75, 3.05) is 0 Å². The SMILES string of the molecule is C=CC[C@H]1[C@H](OCc2ccccc2)C[C@@H]2CC[C@H](O[Si](C)(C)C(C)(C)C)[C@H]3OC(=O)C[C@@]231. The molecule has 3 fully saturated rings. The van der Waals surface area contributed by atoms with Crippen molar-refractivity contribution in [3.8, 4) is 0 Å². The van der Waals surface area contributed by atoms with Crippen LogP contribution in [0.2, 0.25) is 18.1 Å². The van der Waals surface area contributed by atoms with Crippen LogP contribution in [0, 0.1) is 17.3 Å². The molecule has 32 heavy (non-hydrogen) atoms. The lowest BCUT2D eigenvalue weighted by molar-refractivity contribution is -0.151. The van der Waals surface area contributed by atoms with Gasteiger partial charge in [0.25, 0.3) is 0 Å². The standard InChI is InChI=1S/C27H40O4Si/c1-7-11-21-23(29-18-19-12-9-8-10-13-19)16-20-14-15-22(31-32(5,6)26(2,3)4)25-27(20,21)17-24(28)30-25/h7-10,12-13,20-23,25H,1,11,14-18H2,2-6H3/t20-,21-,22-,23+,25+,27-/m0/s1. The number of esters is 1. The highest BCUT2D eigenvalue weighted by Crippen LogP contribution is 2.63. The summed E-state index contributed by atoms with van der Waals surface area (Å²) in [6.45, 7) is 16.0. The fourth-order valence-corrected chi connectivity index (χ4v) is 7.54. The highest BCUT2D eigenvalue weighted by molar-refractivity contribution is 6.74. The largest absolute Gasteiger partial charge is 0.459 e. The van der Waals surface area contributed by atoms with Crippen molar-refractivity contribution >= 4 is 14.3 Å². The summed E-state index contributed by atoms with van der Waals surface area (Å²) in [7, 11) is -1.98. The number of benzene rings is 1. The minimum atomic E-state index is -1.98. The lowest BCUT2D eigenvalue weighted by Gasteiger charge is -2.49. The van der Waals surface area contributed by atoms with Crippen molar-refractivity contribution in [3.05, 3.63) is 48.6 Å². The molecule has 1 aromatic rings. The molecule has 5 heteroatoms. The van der Waals surface area contributed by atoms with E-state index in [9.17, 15) is 4.79 Å². The van der Waals surface area contributed by atoms with E-state index < -0.39 is 8.32 Å². The summed E-state index contributed by atoms with van der Waals surface area (Å²) in [6.07, 6.45) is 6.29. The van der Waals surface area contributed by atoms with Crippen LogP contribution in [0.1, 0.15) is 58.4 Å². The molecule has 1 spiro atoms. The maximum absolute atomic E-state index is 12.8. The van der Waals surface area contributed by atoms with Gasteiger partial charge in [-0.15, -0.1) is 6.58 Å². The van der Waals surface area contributed by atoms with E-state index >= 15 is 0 Å². The van der Waals surface area contributed by atoms with Crippen molar-refractivity contribution in [1.82, 2.24) is 0 Å². The Morgan fingerprint density at radius 1 is 1.19 bits per heavy atom. The Morgan fingerprint density at radius 2 is 1.91 bits per heavy atom. The van der Waals surface area contributed by atoms with Gasteiger partial charge in [0.05, 0.1) is 25.2 Å². The molecule has 1 aromatic carbocycles. The average Bonchev–Trinajstić information content (AvgIpc) is 3.23. The average molecular weight is 457 g/mol. The molecular formula is C27H40O4Si. The van der Waals surface area contributed by atoms with Gasteiger partial charge in [0.1, 0.15) is 6.10 Å². The molecule has 1 aliphatic heterocycles. The second-order valence-corrected chi connectivity index (χ2v) is 16.3. The number of hydrogen-bond acceptors (Lipinski definition) is 4. The number of hydrogen-bond donors (Lipinski definition) is 0. The van der Waals surface area contributed by atoms with Crippen molar-refractivity contribution in [3.63, 3.8) is 0 Å². The van der Waals surface area contributed by atoms with Crippen LogP contribution in [-0.4, -0.2) is 32.6 Å². The van der Waals surface area contributed by atoms with E-state index in [4.69, 9.17) is 13.9 Å². The lowest BCUT2D eigenvalue weighted by Crippen LogP contribution is -2.55. The molecule has 6 atom stereocenters. The van der Waals surface area contributed by atoms with Gasteiger partial charge in [-0.3, -0.25) is 4.79 Å². The summed E-state index contributed by atoms with van der Waals surface area (Å²) in [5.41, 5.74) is 0.990. The van der Waals surface area contributed by atoms with Crippen LogP contribution in [0.5, 0.6) is 0 Å². The van der Waals surface area contributed by atoms with Gasteiger partial charge in [-0.25, -0.2) is 0 Å². The van der Waals surface area contributed by atoms with E-state index in [1.54, 1.807) is 0 Å². The first kappa shape index (κ1) is 23.7. The molecule has 0 radical (unpaired) electrons. The number of carbonyl (C=O) groups is 1. The third-order valence-electron chi connectivity index (χ3n) is 8.77. The van der Waals surface area contributed by atoms with Gasteiger partial charge in [-0.2, -0.15) is 0 Å². The van der Waals surface area contributed by atoms with Crippen molar-refractivity contribution in [2.45, 2.75) is 95.9 Å². The fourth-order valence-electron chi connectivity index (χ4n) is 6.19. The van der Waals surface area contributed by atoms with E-state index in [0.29, 0.717) is 18.9 Å². The number of ether oxygens (including phenoxy) is 2. The summed E-state index contributed by atoms with van der Waals surface area (Å²) in [5.74, 6) is 0.600. The Morgan fingerprint density at radius 3 is 2.56 bits per heavy atom. The molecule has 0 aromatic heterocycles. The van der Waals surface area contributed by atoms with Crippen LogP contribution < -0.4 is 0 Å². The summed E-state index contributed by atoms with van der Waals surface area (Å²) in [6, 6.07) is 10.3. The summed E-state index contributed by atoms with van der Waals surface area (Å²) in [4.78, 5) is 12.8. The van der Waals surface area contributed by atoms with Gasteiger partial charge in [0.15, 0.2) is 8.32 Å². The van der Waals surface area contributed by atoms with Gasteiger partial charge in [0.2, 0.25) is 0 Å². The first-order chi connectivity index (χ1) is 15.1. The third-order valence-corrected chi connectivity index (χ3v) is 13.3. The highest BCUT2D eigenvalue weighted by Gasteiger charge is 2.67. The fraction of sp³-hybridized carbons (Fsp3) is 0.667. The Labute approximate surface area is 194 Å². The topological polar surface area (TPSA) is 44.8 Å². The molecule has 1 saturated heterocycles. The van der Waals surface area contributed by atoms with Gasteiger partial charge < -0.3 is 13.9 Å². The molecule has 3 aliphatic rings. The minimum Gasteiger partial charge on any atom is -0.459 e. The highest BCUT2D eigenvalue weighted by atomic mass is 28.4. The third kappa shape index (κ3) is 4.12. The Hall–Kier alpha value is -1.43. The van der Waals surface area contributed by atoms with Gasteiger partial charge in [-0.1, -0.05) is 57.2 Å². The number of allylic oxidation sites excluding steroid dienone is 1. The predicted octanol–water partition coefficient (Wildman–Crippen LogP) is 6.27. The van der Waals surface area contributed by atoms with Gasteiger partial charge in [0, 0.05) is 5.41 Å². The van der Waals surface area contributed by atoms with Crippen LogP contribution in [0.4, 0.5) is 0 Å². The zero-order valence-electron chi connectivity index (χ0n) is 20.4.